The molecule has 20 heavy (non-hydrogen) atoms. The highest BCUT2D eigenvalue weighted by molar-refractivity contribution is 5.98. The zero-order valence-electron chi connectivity index (χ0n) is 11.3. The Balaban J connectivity index is 1.92. The number of fused-ring (bicyclic) bond motifs is 1. The SMILES string of the molecule is C/C(=C\C(=O)CCCc1c[nH]c2ccccc12)C(=O)O. The predicted octanol–water partition coefficient (Wildman–Crippen LogP) is 3.09. The normalized spacial score (nSPS) is 11.8. The average molecular weight is 271 g/mol. The van der Waals surface area contributed by atoms with E-state index < -0.39 is 5.97 Å². The Morgan fingerprint density at radius 2 is 2.05 bits per heavy atom. The molecule has 0 aliphatic carbocycles. The minimum Gasteiger partial charge on any atom is -0.478 e. The third-order valence-corrected chi connectivity index (χ3v) is 3.26. The molecule has 2 aromatic rings. The maximum absolute atomic E-state index is 11.6. The first-order valence-electron chi connectivity index (χ1n) is 6.57. The summed E-state index contributed by atoms with van der Waals surface area (Å²) in [5.41, 5.74) is 2.37. The van der Waals surface area contributed by atoms with Crippen molar-refractivity contribution in [3.63, 3.8) is 0 Å². The van der Waals surface area contributed by atoms with Gasteiger partial charge in [0.25, 0.3) is 0 Å². The number of rotatable bonds is 6. The quantitative estimate of drug-likeness (QED) is 0.793. The van der Waals surface area contributed by atoms with Crippen molar-refractivity contribution in [2.45, 2.75) is 26.2 Å². The van der Waals surface area contributed by atoms with Crippen LogP contribution in [0.4, 0.5) is 0 Å². The molecule has 0 saturated heterocycles. The number of carboxylic acids is 1. The lowest BCUT2D eigenvalue weighted by Gasteiger charge is -1.99. The number of benzene rings is 1. The molecule has 0 saturated carbocycles. The molecule has 0 aliphatic heterocycles. The van der Waals surface area contributed by atoms with E-state index in [0.29, 0.717) is 12.8 Å². The van der Waals surface area contributed by atoms with E-state index in [1.165, 1.54) is 23.9 Å². The highest BCUT2D eigenvalue weighted by Gasteiger charge is 2.06. The second-order valence-electron chi connectivity index (χ2n) is 4.81. The number of hydrogen-bond acceptors (Lipinski definition) is 2. The van der Waals surface area contributed by atoms with Crippen molar-refractivity contribution in [2.24, 2.45) is 0 Å². The molecule has 1 aromatic carbocycles. The number of hydrogen-bond donors (Lipinski definition) is 2. The van der Waals surface area contributed by atoms with Crippen LogP contribution in [0.3, 0.4) is 0 Å². The number of nitrogens with one attached hydrogen (secondary N) is 1. The summed E-state index contributed by atoms with van der Waals surface area (Å²) in [4.78, 5) is 25.4. The predicted molar refractivity (Wildman–Crippen MR) is 77.6 cm³/mol. The lowest BCUT2D eigenvalue weighted by molar-refractivity contribution is -0.132. The van der Waals surface area contributed by atoms with E-state index in [4.69, 9.17) is 5.11 Å². The van der Waals surface area contributed by atoms with Gasteiger partial charge in [-0.25, -0.2) is 4.79 Å². The number of aromatic amines is 1. The van der Waals surface area contributed by atoms with Gasteiger partial charge in [-0.1, -0.05) is 18.2 Å². The maximum Gasteiger partial charge on any atom is 0.331 e. The summed E-state index contributed by atoms with van der Waals surface area (Å²) >= 11 is 0. The van der Waals surface area contributed by atoms with E-state index in [-0.39, 0.29) is 11.4 Å². The van der Waals surface area contributed by atoms with Crippen LogP contribution >= 0.6 is 0 Å². The first kappa shape index (κ1) is 14.1. The van der Waals surface area contributed by atoms with Gasteiger partial charge in [-0.05, 0) is 37.5 Å². The molecular weight excluding hydrogens is 254 g/mol. The highest BCUT2D eigenvalue weighted by atomic mass is 16.4. The van der Waals surface area contributed by atoms with Crippen LogP contribution in [0, 0.1) is 0 Å². The molecule has 104 valence electrons. The zero-order valence-corrected chi connectivity index (χ0v) is 11.3. The lowest BCUT2D eigenvalue weighted by atomic mass is 10.0. The first-order valence-corrected chi connectivity index (χ1v) is 6.57. The molecule has 1 aromatic heterocycles. The molecule has 2 rings (SSSR count). The largest absolute Gasteiger partial charge is 0.478 e. The fraction of sp³-hybridized carbons (Fsp3) is 0.250. The molecule has 0 radical (unpaired) electrons. The number of H-pyrrole nitrogens is 1. The number of carbonyl (C=O) groups excluding carboxylic acids is 1. The van der Waals surface area contributed by atoms with E-state index >= 15 is 0 Å². The van der Waals surface area contributed by atoms with Crippen LogP contribution in [0.15, 0.2) is 42.1 Å². The topological polar surface area (TPSA) is 70.2 Å². The molecule has 1 heterocycles. The van der Waals surface area contributed by atoms with E-state index in [0.717, 1.165) is 11.9 Å². The number of aromatic nitrogens is 1. The minimum atomic E-state index is -1.05. The van der Waals surface area contributed by atoms with Gasteiger partial charge in [0.2, 0.25) is 0 Å². The maximum atomic E-state index is 11.6. The number of carboxylic acid groups (broad SMARTS) is 1. The summed E-state index contributed by atoms with van der Waals surface area (Å²) in [5.74, 6) is -1.18. The lowest BCUT2D eigenvalue weighted by Crippen LogP contribution is -2.01. The second-order valence-corrected chi connectivity index (χ2v) is 4.81. The number of carbonyl (C=O) groups is 2. The smallest absolute Gasteiger partial charge is 0.331 e. The molecule has 4 nitrogen and oxygen atoms in total. The van der Waals surface area contributed by atoms with E-state index in [2.05, 4.69) is 11.1 Å². The number of ketones is 1. The van der Waals surface area contributed by atoms with Gasteiger partial charge in [0.05, 0.1) is 0 Å². The van der Waals surface area contributed by atoms with Crippen LogP contribution in [-0.4, -0.2) is 21.8 Å². The Morgan fingerprint density at radius 1 is 1.30 bits per heavy atom. The molecule has 0 amide bonds. The Hall–Kier alpha value is -2.36. The van der Waals surface area contributed by atoms with Crippen molar-refractivity contribution in [2.75, 3.05) is 0 Å². The minimum absolute atomic E-state index is 0.0853. The van der Waals surface area contributed by atoms with Crippen LogP contribution in [0.5, 0.6) is 0 Å². The fourth-order valence-corrected chi connectivity index (χ4v) is 2.17. The van der Waals surface area contributed by atoms with E-state index in [1.54, 1.807) is 0 Å². The average Bonchev–Trinajstić information content (AvgIpc) is 2.82. The highest BCUT2D eigenvalue weighted by Crippen LogP contribution is 2.19. The van der Waals surface area contributed by atoms with Gasteiger partial charge in [0, 0.05) is 29.1 Å². The summed E-state index contributed by atoms with van der Waals surface area (Å²) < 4.78 is 0. The van der Waals surface area contributed by atoms with Gasteiger partial charge in [-0.2, -0.15) is 0 Å². The van der Waals surface area contributed by atoms with Crippen molar-refractivity contribution in [1.29, 1.82) is 0 Å². The van der Waals surface area contributed by atoms with Gasteiger partial charge in [-0.3, -0.25) is 4.79 Å². The van der Waals surface area contributed by atoms with Crippen LogP contribution in [0.1, 0.15) is 25.3 Å². The van der Waals surface area contributed by atoms with Gasteiger partial charge in [0.1, 0.15) is 0 Å². The number of aryl methyl sites for hydroxylation is 1. The molecule has 2 N–H and O–H groups in total. The van der Waals surface area contributed by atoms with Gasteiger partial charge < -0.3 is 10.1 Å². The van der Waals surface area contributed by atoms with Crippen LogP contribution in [0.2, 0.25) is 0 Å². The van der Waals surface area contributed by atoms with E-state index in [1.807, 2.05) is 24.4 Å². The third kappa shape index (κ3) is 3.35. The molecule has 0 bridgehead atoms. The molecular formula is C16H17NO3. The van der Waals surface area contributed by atoms with Crippen molar-refractivity contribution in [3.05, 3.63) is 47.7 Å². The van der Waals surface area contributed by atoms with E-state index in [9.17, 15) is 9.59 Å². The van der Waals surface area contributed by atoms with Crippen molar-refractivity contribution < 1.29 is 14.7 Å². The molecule has 4 heteroatoms. The summed E-state index contributed by atoms with van der Waals surface area (Å²) in [6.07, 6.45) is 5.05. The Bertz CT molecular complexity index is 667. The zero-order chi connectivity index (χ0) is 14.5. The summed E-state index contributed by atoms with van der Waals surface area (Å²) in [5, 5.41) is 9.88. The summed E-state index contributed by atoms with van der Waals surface area (Å²) in [7, 11) is 0. The van der Waals surface area contributed by atoms with Gasteiger partial charge in [0.15, 0.2) is 5.78 Å². The Morgan fingerprint density at radius 3 is 2.80 bits per heavy atom. The van der Waals surface area contributed by atoms with Crippen molar-refractivity contribution in [3.8, 4) is 0 Å². The van der Waals surface area contributed by atoms with Gasteiger partial charge >= 0.3 is 5.97 Å². The fourth-order valence-electron chi connectivity index (χ4n) is 2.17. The van der Waals surface area contributed by atoms with Crippen molar-refractivity contribution >= 4 is 22.7 Å². The molecule has 0 unspecified atom stereocenters. The van der Waals surface area contributed by atoms with Crippen molar-refractivity contribution in [1.82, 2.24) is 4.98 Å². The standard InChI is InChI=1S/C16H17NO3/c1-11(16(19)20)9-13(18)6-4-5-12-10-17-15-8-3-2-7-14(12)15/h2-3,7-10,17H,4-6H2,1H3,(H,19,20)/b11-9+. The Labute approximate surface area is 117 Å². The first-order chi connectivity index (χ1) is 9.58. The third-order valence-electron chi connectivity index (χ3n) is 3.26. The molecule has 0 spiro atoms. The summed E-state index contributed by atoms with van der Waals surface area (Å²) in [6, 6.07) is 8.04. The number of para-hydroxylation sites is 1. The Kier molecular flexibility index (Phi) is 4.35. The second kappa shape index (κ2) is 6.19. The van der Waals surface area contributed by atoms with Crippen LogP contribution in [0.25, 0.3) is 10.9 Å². The van der Waals surface area contributed by atoms with Gasteiger partial charge in [-0.15, -0.1) is 0 Å². The van der Waals surface area contributed by atoms with Crippen LogP contribution < -0.4 is 0 Å². The molecule has 0 atom stereocenters. The number of allylic oxidation sites excluding steroid dienone is 1. The molecule has 0 fully saturated rings. The summed E-state index contributed by atoms with van der Waals surface area (Å²) in [6.45, 7) is 1.43. The van der Waals surface area contributed by atoms with Crippen LogP contribution in [-0.2, 0) is 16.0 Å². The monoisotopic (exact) mass is 271 g/mol. The number of aliphatic carboxylic acids is 1. The molecule has 0 aliphatic rings.